The van der Waals surface area contributed by atoms with Crippen LogP contribution in [0.3, 0.4) is 0 Å². The molecule has 0 radical (unpaired) electrons. The van der Waals surface area contributed by atoms with Gasteiger partial charge in [-0.3, -0.25) is 4.79 Å². The maximum Gasteiger partial charge on any atom is 0.221 e. The fourth-order valence-corrected chi connectivity index (χ4v) is 4.43. The van der Waals surface area contributed by atoms with Gasteiger partial charge in [0.2, 0.25) is 5.91 Å². The molecule has 30 heavy (non-hydrogen) atoms. The van der Waals surface area contributed by atoms with Gasteiger partial charge in [-0.05, 0) is 75.9 Å². The highest BCUT2D eigenvalue weighted by molar-refractivity contribution is 6.30. The molecule has 0 spiro atoms. The Morgan fingerprint density at radius 3 is 2.40 bits per heavy atom. The van der Waals surface area contributed by atoms with E-state index < -0.39 is 0 Å². The third kappa shape index (κ3) is 5.99. The molecule has 1 saturated heterocycles. The number of hydrogen-bond donors (Lipinski definition) is 1. The first-order valence-electron chi connectivity index (χ1n) is 10.6. The van der Waals surface area contributed by atoms with E-state index in [9.17, 15) is 4.79 Å². The number of hydrogen-bond acceptors (Lipinski definition) is 3. The molecule has 0 saturated carbocycles. The number of carbonyl (C=O) groups excluding carboxylic acids is 1. The first kappa shape index (κ1) is 22.6. The Kier molecular flexibility index (Phi) is 7.10. The van der Waals surface area contributed by atoms with Crippen molar-refractivity contribution in [3.8, 4) is 5.75 Å². The van der Waals surface area contributed by atoms with Gasteiger partial charge >= 0.3 is 0 Å². The molecule has 5 heteroatoms. The van der Waals surface area contributed by atoms with Gasteiger partial charge in [-0.1, -0.05) is 35.9 Å². The summed E-state index contributed by atoms with van der Waals surface area (Å²) >= 11 is 6.10. The molecule has 0 aromatic heterocycles. The smallest absolute Gasteiger partial charge is 0.221 e. The van der Waals surface area contributed by atoms with Crippen molar-refractivity contribution in [2.24, 2.45) is 0 Å². The van der Waals surface area contributed by atoms with Crippen molar-refractivity contribution in [1.82, 2.24) is 5.32 Å². The van der Waals surface area contributed by atoms with Gasteiger partial charge < -0.3 is 14.8 Å². The number of halogens is 1. The Morgan fingerprint density at radius 2 is 1.80 bits per heavy atom. The predicted octanol–water partition coefficient (Wildman–Crippen LogP) is 5.66. The first-order chi connectivity index (χ1) is 14.2. The maximum atomic E-state index is 13.0. The summed E-state index contributed by atoms with van der Waals surface area (Å²) in [4.78, 5) is 13.0. The lowest BCUT2D eigenvalue weighted by atomic mass is 9.67. The minimum atomic E-state index is -0.273. The number of amides is 1. The molecule has 3 rings (SSSR count). The van der Waals surface area contributed by atoms with Crippen molar-refractivity contribution in [3.63, 3.8) is 0 Å². The molecule has 1 atom stereocenters. The molecule has 1 heterocycles. The van der Waals surface area contributed by atoms with Crippen LogP contribution in [0.25, 0.3) is 0 Å². The number of ether oxygens (including phenoxy) is 2. The lowest BCUT2D eigenvalue weighted by molar-refractivity contribution is -0.126. The monoisotopic (exact) mass is 429 g/mol. The van der Waals surface area contributed by atoms with Crippen molar-refractivity contribution >= 4 is 17.5 Å². The van der Waals surface area contributed by atoms with Gasteiger partial charge in [0.25, 0.3) is 0 Å². The average Bonchev–Trinajstić information content (AvgIpc) is 2.66. The van der Waals surface area contributed by atoms with Crippen LogP contribution in [-0.4, -0.2) is 24.2 Å². The Bertz CT molecular complexity index is 846. The van der Waals surface area contributed by atoms with Gasteiger partial charge in [-0.2, -0.15) is 0 Å². The minimum Gasteiger partial charge on any atom is -0.491 e. The molecule has 0 aliphatic carbocycles. The molecular formula is C25H32ClNO3. The molecule has 1 N–H and O–H groups in total. The Balaban J connectivity index is 1.68. The normalized spacial score (nSPS) is 20.7. The molecule has 2 aromatic rings. The lowest BCUT2D eigenvalue weighted by Gasteiger charge is -2.45. The van der Waals surface area contributed by atoms with Gasteiger partial charge in [0.1, 0.15) is 5.75 Å². The van der Waals surface area contributed by atoms with E-state index in [2.05, 4.69) is 19.2 Å². The molecule has 2 aromatic carbocycles. The summed E-state index contributed by atoms with van der Waals surface area (Å²) < 4.78 is 11.6. The summed E-state index contributed by atoms with van der Waals surface area (Å²) in [6.07, 6.45) is 2.17. The Hall–Kier alpha value is -2.04. The van der Waals surface area contributed by atoms with Crippen molar-refractivity contribution in [3.05, 3.63) is 64.7 Å². The average molecular weight is 430 g/mol. The van der Waals surface area contributed by atoms with Crippen LogP contribution in [0.15, 0.2) is 48.5 Å². The van der Waals surface area contributed by atoms with Crippen LogP contribution in [-0.2, 0) is 21.5 Å². The standard InChI is InChI=1S/C25H32ClNO3/c1-18(2)30-22-11-5-19(6-12-22)16-27-23(28)15-25(13-14-29-24(3,4)17-25)20-7-9-21(26)10-8-20/h5-12,18H,13-17H2,1-4H3,(H,27,28). The number of nitrogens with one attached hydrogen (secondary N) is 1. The van der Waals surface area contributed by atoms with E-state index in [0.717, 1.165) is 29.7 Å². The molecule has 1 fully saturated rings. The molecule has 1 amide bonds. The van der Waals surface area contributed by atoms with Crippen LogP contribution < -0.4 is 10.1 Å². The lowest BCUT2D eigenvalue weighted by Crippen LogP contribution is -2.46. The van der Waals surface area contributed by atoms with E-state index in [1.807, 2.05) is 62.4 Å². The van der Waals surface area contributed by atoms with Crippen molar-refractivity contribution in [2.75, 3.05) is 6.61 Å². The minimum absolute atomic E-state index is 0.0464. The quantitative estimate of drug-likeness (QED) is 0.617. The van der Waals surface area contributed by atoms with Gasteiger partial charge in [0.15, 0.2) is 0 Å². The first-order valence-corrected chi connectivity index (χ1v) is 11.0. The van der Waals surface area contributed by atoms with Crippen LogP contribution in [0.4, 0.5) is 0 Å². The molecule has 4 nitrogen and oxygen atoms in total. The second kappa shape index (κ2) is 9.40. The number of carbonyl (C=O) groups is 1. The largest absolute Gasteiger partial charge is 0.491 e. The van der Waals surface area contributed by atoms with Crippen molar-refractivity contribution < 1.29 is 14.3 Å². The zero-order valence-electron chi connectivity index (χ0n) is 18.3. The van der Waals surface area contributed by atoms with Crippen LogP contribution in [0.1, 0.15) is 58.1 Å². The third-order valence-corrected chi connectivity index (χ3v) is 5.83. The topological polar surface area (TPSA) is 47.6 Å². The predicted molar refractivity (Wildman–Crippen MR) is 121 cm³/mol. The van der Waals surface area contributed by atoms with Gasteiger partial charge in [-0.25, -0.2) is 0 Å². The highest BCUT2D eigenvalue weighted by Crippen LogP contribution is 2.44. The number of rotatable bonds is 7. The molecule has 162 valence electrons. The van der Waals surface area contributed by atoms with Crippen LogP contribution in [0.2, 0.25) is 5.02 Å². The SMILES string of the molecule is CC(C)Oc1ccc(CNC(=O)CC2(c3ccc(Cl)cc3)CCOC(C)(C)C2)cc1. The fraction of sp³-hybridized carbons (Fsp3) is 0.480. The maximum absolute atomic E-state index is 13.0. The van der Waals surface area contributed by atoms with Gasteiger partial charge in [0, 0.05) is 30.0 Å². The Labute approximate surface area is 184 Å². The Morgan fingerprint density at radius 1 is 1.13 bits per heavy atom. The van der Waals surface area contributed by atoms with E-state index in [1.54, 1.807) is 0 Å². The van der Waals surface area contributed by atoms with E-state index in [0.29, 0.717) is 24.6 Å². The third-order valence-electron chi connectivity index (χ3n) is 5.58. The highest BCUT2D eigenvalue weighted by Gasteiger charge is 2.43. The zero-order valence-corrected chi connectivity index (χ0v) is 19.1. The summed E-state index contributed by atoms with van der Waals surface area (Å²) in [5, 5.41) is 3.80. The second-order valence-electron chi connectivity index (χ2n) is 9.09. The van der Waals surface area contributed by atoms with Gasteiger partial charge in [-0.15, -0.1) is 0 Å². The molecule has 1 unspecified atom stereocenters. The zero-order chi connectivity index (χ0) is 21.8. The summed E-state index contributed by atoms with van der Waals surface area (Å²) in [5.74, 6) is 0.886. The summed E-state index contributed by atoms with van der Waals surface area (Å²) in [6.45, 7) is 9.33. The highest BCUT2D eigenvalue weighted by atomic mass is 35.5. The summed E-state index contributed by atoms with van der Waals surface area (Å²) in [7, 11) is 0. The van der Waals surface area contributed by atoms with E-state index >= 15 is 0 Å². The van der Waals surface area contributed by atoms with Crippen LogP contribution in [0.5, 0.6) is 5.75 Å². The number of benzene rings is 2. The van der Waals surface area contributed by atoms with Crippen LogP contribution in [0, 0.1) is 0 Å². The second-order valence-corrected chi connectivity index (χ2v) is 9.52. The van der Waals surface area contributed by atoms with E-state index in [1.165, 1.54) is 0 Å². The fourth-order valence-electron chi connectivity index (χ4n) is 4.31. The van der Waals surface area contributed by atoms with Crippen molar-refractivity contribution in [2.45, 2.75) is 70.6 Å². The molecular weight excluding hydrogens is 398 g/mol. The molecule has 1 aliphatic rings. The van der Waals surface area contributed by atoms with E-state index in [4.69, 9.17) is 21.1 Å². The van der Waals surface area contributed by atoms with E-state index in [-0.39, 0.29) is 23.0 Å². The van der Waals surface area contributed by atoms with Crippen LogP contribution >= 0.6 is 11.6 Å². The molecule has 0 bridgehead atoms. The van der Waals surface area contributed by atoms with Crippen molar-refractivity contribution in [1.29, 1.82) is 0 Å². The summed E-state index contributed by atoms with van der Waals surface area (Å²) in [6, 6.07) is 15.8. The summed E-state index contributed by atoms with van der Waals surface area (Å²) in [5.41, 5.74) is 1.66. The molecule has 1 aliphatic heterocycles. The van der Waals surface area contributed by atoms with Gasteiger partial charge in [0.05, 0.1) is 11.7 Å².